The van der Waals surface area contributed by atoms with Gasteiger partial charge in [-0.3, -0.25) is 20.0 Å². The van der Waals surface area contributed by atoms with Gasteiger partial charge in [-0.1, -0.05) is 36.4 Å². The van der Waals surface area contributed by atoms with E-state index >= 15 is 0 Å². The molecule has 264 valence electrons. The number of benzene rings is 2. The summed E-state index contributed by atoms with van der Waals surface area (Å²) in [7, 11) is 1.20. The zero-order valence-electron chi connectivity index (χ0n) is 28.8. The molecule has 3 saturated heterocycles. The van der Waals surface area contributed by atoms with Gasteiger partial charge in [0.25, 0.3) is 5.69 Å². The number of esters is 1. The fourth-order valence-electron chi connectivity index (χ4n) is 7.57. The summed E-state index contributed by atoms with van der Waals surface area (Å²) in [5.74, 6) is -1.68. The molecule has 7 rings (SSSR count). The number of nitrogens with zero attached hydrogens (tertiary/aromatic N) is 4. The third-order valence-electron chi connectivity index (χ3n) is 10.2. The number of aliphatic carboxylic acids is 1. The van der Waals surface area contributed by atoms with Gasteiger partial charge in [0, 0.05) is 54.3 Å². The van der Waals surface area contributed by atoms with E-state index in [0.29, 0.717) is 35.4 Å². The molecule has 0 saturated carbocycles. The van der Waals surface area contributed by atoms with E-state index in [0.717, 1.165) is 36.0 Å². The predicted molar refractivity (Wildman–Crippen MR) is 188 cm³/mol. The number of hydrogen-bond donors (Lipinski definition) is 2. The van der Waals surface area contributed by atoms with Crippen LogP contribution in [0.5, 0.6) is 0 Å². The summed E-state index contributed by atoms with van der Waals surface area (Å²) in [4.78, 5) is 43.7. The van der Waals surface area contributed by atoms with Gasteiger partial charge in [0.1, 0.15) is 6.73 Å². The number of carboxylic acid groups (broad SMARTS) is 1. The molecule has 0 amide bonds. The molecule has 2 aromatic carbocycles. The van der Waals surface area contributed by atoms with Gasteiger partial charge in [-0.05, 0) is 75.3 Å². The van der Waals surface area contributed by atoms with Crippen molar-refractivity contribution in [3.05, 3.63) is 117 Å². The molecule has 0 aliphatic carbocycles. The first-order valence-electron chi connectivity index (χ1n) is 16.7. The Kier molecular flexibility index (Phi) is 11.5. The van der Waals surface area contributed by atoms with Crippen LogP contribution in [0, 0.1) is 22.0 Å². The third-order valence-corrected chi connectivity index (χ3v) is 10.2. The molecule has 1 aromatic heterocycles. The highest BCUT2D eigenvalue weighted by molar-refractivity contribution is 5.99. The average molecular weight is 685 g/mol. The van der Waals surface area contributed by atoms with Crippen molar-refractivity contribution in [1.82, 2.24) is 14.8 Å². The molecule has 50 heavy (non-hydrogen) atoms. The second-order valence-corrected chi connectivity index (χ2v) is 12.7. The van der Waals surface area contributed by atoms with Crippen molar-refractivity contribution < 1.29 is 34.2 Å². The number of nitro groups is 1. The Labute approximate surface area is 291 Å². The first kappa shape index (κ1) is 36.4. The van der Waals surface area contributed by atoms with Crippen LogP contribution >= 0.6 is 0 Å². The van der Waals surface area contributed by atoms with Gasteiger partial charge in [-0.25, -0.2) is 9.59 Å². The molecule has 12 nitrogen and oxygen atoms in total. The highest BCUT2D eigenvalue weighted by Crippen LogP contribution is 2.44. The number of hydrogen-bond acceptors (Lipinski definition) is 10. The summed E-state index contributed by atoms with van der Waals surface area (Å²) in [6.45, 7) is 11.7. The van der Waals surface area contributed by atoms with Crippen molar-refractivity contribution in [3.63, 3.8) is 0 Å². The van der Waals surface area contributed by atoms with Crippen LogP contribution < -0.4 is 0 Å². The van der Waals surface area contributed by atoms with Gasteiger partial charge >= 0.3 is 11.9 Å². The molecule has 2 bridgehead atoms. The molecule has 12 heteroatoms. The molecule has 6 atom stereocenters. The molecule has 0 spiro atoms. The smallest absolute Gasteiger partial charge is 0.336 e. The van der Waals surface area contributed by atoms with Crippen LogP contribution in [0.15, 0.2) is 96.0 Å². The SMILES string of the molecule is C=C[C@H]1CN2CC[C@H]1C[C@H]2[C@H](O)c1ccnc2ccccc12.CCOCN1C(C)=C(C(=O)O)C(c2cccc([N+](=O)[O-])c2)C(C(=O)OC)=C1C. The maximum atomic E-state index is 12.6. The molecule has 4 aliphatic rings. The fraction of sp³-hybridized carbons (Fsp3) is 0.395. The Balaban J connectivity index is 0.000000199. The van der Waals surface area contributed by atoms with Crippen LogP contribution in [0.3, 0.4) is 0 Å². The molecule has 2 unspecified atom stereocenters. The zero-order chi connectivity index (χ0) is 36.1. The first-order valence-corrected chi connectivity index (χ1v) is 16.7. The fourth-order valence-corrected chi connectivity index (χ4v) is 7.57. The maximum absolute atomic E-state index is 12.6. The van der Waals surface area contributed by atoms with Gasteiger partial charge in [0.15, 0.2) is 0 Å². The number of allylic oxidation sites excluding steroid dienone is 2. The monoisotopic (exact) mass is 684 g/mol. The minimum atomic E-state index is -1.23. The van der Waals surface area contributed by atoms with E-state index in [2.05, 4.69) is 28.6 Å². The second-order valence-electron chi connectivity index (χ2n) is 12.7. The lowest BCUT2D eigenvalue weighted by Gasteiger charge is -2.50. The van der Waals surface area contributed by atoms with Gasteiger partial charge in [-0.15, -0.1) is 6.58 Å². The number of carbonyl (C=O) groups is 2. The van der Waals surface area contributed by atoms with Crippen LogP contribution in [0.25, 0.3) is 10.9 Å². The third kappa shape index (κ3) is 7.18. The van der Waals surface area contributed by atoms with E-state index in [1.165, 1.54) is 31.7 Å². The molecule has 0 radical (unpaired) electrons. The van der Waals surface area contributed by atoms with Crippen LogP contribution in [-0.2, 0) is 19.1 Å². The highest BCUT2D eigenvalue weighted by atomic mass is 16.6. The number of carbonyl (C=O) groups excluding carboxylic acids is 1. The van der Waals surface area contributed by atoms with E-state index in [9.17, 15) is 29.9 Å². The Bertz CT molecular complexity index is 1830. The molecule has 3 aromatic rings. The number of rotatable bonds is 10. The number of aliphatic hydroxyl groups is 1. The quantitative estimate of drug-likeness (QED) is 0.113. The van der Waals surface area contributed by atoms with Crippen LogP contribution in [-0.4, -0.2) is 81.4 Å². The number of aliphatic hydroxyl groups excluding tert-OH is 1. The van der Waals surface area contributed by atoms with Crippen molar-refractivity contribution in [2.45, 2.75) is 51.7 Å². The van der Waals surface area contributed by atoms with Crippen LogP contribution in [0.4, 0.5) is 5.69 Å². The lowest BCUT2D eigenvalue weighted by Crippen LogP contribution is -2.54. The lowest BCUT2D eigenvalue weighted by atomic mass is 9.73. The van der Waals surface area contributed by atoms with Crippen LogP contribution in [0.2, 0.25) is 0 Å². The average Bonchev–Trinajstić information content (AvgIpc) is 3.13. The van der Waals surface area contributed by atoms with Crippen molar-refractivity contribution in [1.29, 1.82) is 0 Å². The summed E-state index contributed by atoms with van der Waals surface area (Å²) in [6.07, 6.45) is 5.76. The number of para-hydroxylation sites is 1. The Morgan fingerprint density at radius 3 is 2.52 bits per heavy atom. The predicted octanol–water partition coefficient (Wildman–Crippen LogP) is 5.96. The standard InChI is InChI=1S/C19H22N2O7.C19H22N2O/c1-5-28-10-20-11(2)15(18(22)23)17(16(12(20)3)19(24)27-4)13-7-6-8-14(9-13)21(25)26;1-2-13-12-21-10-8-14(13)11-18(21)19(22)16-7-9-20-17-6-4-3-5-15(16)17/h6-9,17H,5,10H2,1-4H3,(H,22,23);2-7,9,13-14,18-19,22H,1,8,10-12H2/t;13-,14-,18-,19+/m.0/s1. The molecular weight excluding hydrogens is 640 g/mol. The number of ether oxygens (including phenoxy) is 2. The topological polar surface area (TPSA) is 156 Å². The molecule has 3 fully saturated rings. The summed E-state index contributed by atoms with van der Waals surface area (Å²) in [5.41, 5.74) is 3.00. The second kappa shape index (κ2) is 15.8. The summed E-state index contributed by atoms with van der Waals surface area (Å²) in [5, 5.41) is 33.2. The molecule has 4 aliphatic heterocycles. The van der Waals surface area contributed by atoms with Gasteiger partial charge in [0.2, 0.25) is 0 Å². The Morgan fingerprint density at radius 2 is 1.88 bits per heavy atom. The Morgan fingerprint density at radius 1 is 1.14 bits per heavy atom. The van der Waals surface area contributed by atoms with Gasteiger partial charge in [-0.2, -0.15) is 0 Å². The van der Waals surface area contributed by atoms with E-state index in [4.69, 9.17) is 9.47 Å². The number of fused-ring (bicyclic) bond motifs is 4. The number of non-ortho nitro benzene ring substituents is 1. The molecule has 5 heterocycles. The highest BCUT2D eigenvalue weighted by Gasteiger charge is 2.43. The number of pyridine rings is 1. The van der Waals surface area contributed by atoms with E-state index in [1.54, 1.807) is 31.7 Å². The lowest BCUT2D eigenvalue weighted by molar-refractivity contribution is -0.384. The summed E-state index contributed by atoms with van der Waals surface area (Å²) in [6, 6.07) is 15.9. The largest absolute Gasteiger partial charge is 0.478 e. The van der Waals surface area contributed by atoms with Gasteiger partial charge in [0.05, 0.1) is 40.7 Å². The van der Waals surface area contributed by atoms with Crippen molar-refractivity contribution in [2.75, 3.05) is 33.5 Å². The van der Waals surface area contributed by atoms with Crippen molar-refractivity contribution >= 4 is 28.5 Å². The maximum Gasteiger partial charge on any atom is 0.336 e. The normalized spacial score (nSPS) is 23.6. The van der Waals surface area contributed by atoms with E-state index in [-0.39, 0.29) is 29.6 Å². The van der Waals surface area contributed by atoms with Crippen LogP contribution in [0.1, 0.15) is 56.8 Å². The number of aromatic nitrogens is 1. The number of carboxylic acids is 1. The van der Waals surface area contributed by atoms with Crippen molar-refractivity contribution in [3.8, 4) is 0 Å². The summed E-state index contributed by atoms with van der Waals surface area (Å²) < 4.78 is 10.3. The minimum absolute atomic E-state index is 0.0626. The zero-order valence-corrected chi connectivity index (χ0v) is 28.8. The molecular formula is C38H44N4O8. The minimum Gasteiger partial charge on any atom is -0.478 e. The number of methoxy groups -OCH3 is 1. The number of nitro benzene ring substituents is 1. The van der Waals surface area contributed by atoms with Gasteiger partial charge < -0.3 is 24.6 Å². The van der Waals surface area contributed by atoms with Crippen molar-refractivity contribution in [2.24, 2.45) is 11.8 Å². The first-order chi connectivity index (χ1) is 24.0. The van der Waals surface area contributed by atoms with E-state index in [1.807, 2.05) is 30.5 Å². The summed E-state index contributed by atoms with van der Waals surface area (Å²) >= 11 is 0. The molecule has 2 N–H and O–H groups in total. The number of piperidine rings is 3. The van der Waals surface area contributed by atoms with E-state index < -0.39 is 28.9 Å². The Hall–Kier alpha value is -4.91.